The van der Waals surface area contributed by atoms with E-state index in [2.05, 4.69) is 17.1 Å². The summed E-state index contributed by atoms with van der Waals surface area (Å²) in [4.78, 5) is 2.66. The Morgan fingerprint density at radius 2 is 1.94 bits per heavy atom. The first-order valence-electron chi connectivity index (χ1n) is 7.78. The Morgan fingerprint density at radius 1 is 1.12 bits per heavy atom. The molecule has 1 aliphatic heterocycles. The topological polar surface area (TPSA) is 15.3 Å². The molecule has 0 aromatic carbocycles. The third-order valence-electron chi connectivity index (χ3n) is 5.28. The van der Waals surface area contributed by atoms with Gasteiger partial charge in [-0.25, -0.2) is 0 Å². The predicted octanol–water partition coefficient (Wildman–Crippen LogP) is 2.50. The third kappa shape index (κ3) is 3.03. The molecule has 2 aliphatic carbocycles. The highest BCUT2D eigenvalue weighted by Gasteiger charge is 2.47. The molecule has 1 N–H and O–H groups in total. The van der Waals surface area contributed by atoms with E-state index < -0.39 is 0 Å². The molecule has 17 heavy (non-hydrogen) atoms. The van der Waals surface area contributed by atoms with Gasteiger partial charge >= 0.3 is 0 Å². The van der Waals surface area contributed by atoms with Gasteiger partial charge in [0.15, 0.2) is 0 Å². The number of hydrogen-bond donors (Lipinski definition) is 1. The van der Waals surface area contributed by atoms with Crippen molar-refractivity contribution in [1.82, 2.24) is 10.2 Å². The Labute approximate surface area is 106 Å². The Morgan fingerprint density at radius 3 is 2.59 bits per heavy atom. The van der Waals surface area contributed by atoms with E-state index >= 15 is 0 Å². The van der Waals surface area contributed by atoms with Gasteiger partial charge in [0, 0.05) is 6.04 Å². The van der Waals surface area contributed by atoms with Crippen molar-refractivity contribution in [3.8, 4) is 0 Å². The molecule has 0 bridgehead atoms. The number of hydrogen-bond acceptors (Lipinski definition) is 2. The molecule has 2 nitrogen and oxygen atoms in total. The second-order valence-corrected chi connectivity index (χ2v) is 6.68. The van der Waals surface area contributed by atoms with Crippen LogP contribution < -0.4 is 5.32 Å². The number of likely N-dealkylation sites (tertiary alicyclic amines) is 1. The van der Waals surface area contributed by atoms with E-state index in [1.54, 1.807) is 0 Å². The normalized spacial score (nSPS) is 38.3. The van der Waals surface area contributed by atoms with Crippen molar-refractivity contribution in [2.24, 2.45) is 17.8 Å². The molecule has 0 amide bonds. The van der Waals surface area contributed by atoms with Crippen LogP contribution in [-0.4, -0.2) is 37.1 Å². The van der Waals surface area contributed by atoms with Crippen LogP contribution in [0.25, 0.3) is 0 Å². The molecule has 2 heteroatoms. The minimum absolute atomic E-state index is 0.890. The standard InChI is InChI=1S/C15H28N2/c1-12-5-9-17(10-6-12)8-2-7-16-15-4-3-13-11-14(13)15/h12-16H,2-11H2,1H3/t13-,14+,15?/m0/s1. The molecule has 0 radical (unpaired) electrons. The maximum absolute atomic E-state index is 3.79. The summed E-state index contributed by atoms with van der Waals surface area (Å²) in [6.45, 7) is 7.65. The Balaban J connectivity index is 1.25. The maximum atomic E-state index is 3.79. The summed E-state index contributed by atoms with van der Waals surface area (Å²) in [5, 5.41) is 3.79. The van der Waals surface area contributed by atoms with Gasteiger partial charge in [0.05, 0.1) is 0 Å². The second kappa shape index (κ2) is 5.27. The van der Waals surface area contributed by atoms with Crippen molar-refractivity contribution in [3.05, 3.63) is 0 Å². The lowest BCUT2D eigenvalue weighted by Gasteiger charge is -2.30. The summed E-state index contributed by atoms with van der Waals surface area (Å²) < 4.78 is 0. The van der Waals surface area contributed by atoms with Gasteiger partial charge in [-0.2, -0.15) is 0 Å². The Bertz CT molecular complexity index is 245. The molecule has 0 aromatic heterocycles. The van der Waals surface area contributed by atoms with Gasteiger partial charge in [0.2, 0.25) is 0 Å². The van der Waals surface area contributed by atoms with E-state index in [-0.39, 0.29) is 0 Å². The van der Waals surface area contributed by atoms with Crippen molar-refractivity contribution in [3.63, 3.8) is 0 Å². The quantitative estimate of drug-likeness (QED) is 0.738. The third-order valence-corrected chi connectivity index (χ3v) is 5.28. The molecule has 3 aliphatic rings. The molecular weight excluding hydrogens is 208 g/mol. The molecule has 3 atom stereocenters. The minimum Gasteiger partial charge on any atom is -0.314 e. The van der Waals surface area contributed by atoms with Gasteiger partial charge in [0.1, 0.15) is 0 Å². The predicted molar refractivity (Wildman–Crippen MR) is 72.1 cm³/mol. The zero-order chi connectivity index (χ0) is 11.7. The lowest BCUT2D eigenvalue weighted by atomic mass is 9.99. The van der Waals surface area contributed by atoms with Crippen molar-refractivity contribution >= 4 is 0 Å². The Kier molecular flexibility index (Phi) is 3.72. The van der Waals surface area contributed by atoms with Gasteiger partial charge in [-0.1, -0.05) is 6.92 Å². The fraction of sp³-hybridized carbons (Fsp3) is 1.00. The monoisotopic (exact) mass is 236 g/mol. The molecule has 1 heterocycles. The SMILES string of the molecule is CC1CCN(CCCNC2CC[C@H]3C[C@@H]23)CC1. The molecular formula is C15H28N2. The number of nitrogens with one attached hydrogen (secondary N) is 1. The van der Waals surface area contributed by atoms with Crippen molar-refractivity contribution < 1.29 is 0 Å². The van der Waals surface area contributed by atoms with Crippen LogP contribution in [0.4, 0.5) is 0 Å². The highest BCUT2D eigenvalue weighted by atomic mass is 15.1. The van der Waals surface area contributed by atoms with E-state index in [0.29, 0.717) is 0 Å². The van der Waals surface area contributed by atoms with Gasteiger partial charge in [0.25, 0.3) is 0 Å². The molecule has 98 valence electrons. The van der Waals surface area contributed by atoms with E-state index in [4.69, 9.17) is 0 Å². The minimum atomic E-state index is 0.890. The van der Waals surface area contributed by atoms with Gasteiger partial charge in [-0.3, -0.25) is 0 Å². The summed E-state index contributed by atoms with van der Waals surface area (Å²) in [6.07, 6.45) is 8.67. The van der Waals surface area contributed by atoms with E-state index in [1.165, 1.54) is 64.7 Å². The molecule has 1 saturated heterocycles. The van der Waals surface area contributed by atoms with Gasteiger partial charge < -0.3 is 10.2 Å². The first-order valence-corrected chi connectivity index (χ1v) is 7.78. The highest BCUT2D eigenvalue weighted by Crippen LogP contribution is 2.51. The molecule has 0 spiro atoms. The molecule has 3 fully saturated rings. The number of rotatable bonds is 5. The smallest absolute Gasteiger partial charge is 0.00981 e. The molecule has 3 rings (SSSR count). The number of fused-ring (bicyclic) bond motifs is 1. The van der Waals surface area contributed by atoms with E-state index in [0.717, 1.165) is 23.8 Å². The number of nitrogens with zero attached hydrogens (tertiary/aromatic N) is 1. The second-order valence-electron chi connectivity index (χ2n) is 6.68. The first kappa shape index (κ1) is 12.0. The largest absolute Gasteiger partial charge is 0.314 e. The Hall–Kier alpha value is -0.0800. The zero-order valence-corrected chi connectivity index (χ0v) is 11.3. The summed E-state index contributed by atoms with van der Waals surface area (Å²) in [5.74, 6) is 3.16. The van der Waals surface area contributed by atoms with E-state index in [1.807, 2.05) is 0 Å². The van der Waals surface area contributed by atoms with Gasteiger partial charge in [-0.05, 0) is 82.5 Å². The van der Waals surface area contributed by atoms with Crippen LogP contribution >= 0.6 is 0 Å². The average Bonchev–Trinajstić information content (AvgIpc) is 3.02. The molecule has 0 aromatic rings. The van der Waals surface area contributed by atoms with Crippen molar-refractivity contribution in [2.45, 2.75) is 51.5 Å². The highest BCUT2D eigenvalue weighted by molar-refractivity contribution is 5.01. The summed E-state index contributed by atoms with van der Waals surface area (Å²) in [6, 6.07) is 0.890. The summed E-state index contributed by atoms with van der Waals surface area (Å²) in [7, 11) is 0. The van der Waals surface area contributed by atoms with Crippen LogP contribution in [0.2, 0.25) is 0 Å². The average molecular weight is 236 g/mol. The van der Waals surface area contributed by atoms with Gasteiger partial charge in [-0.15, -0.1) is 0 Å². The van der Waals surface area contributed by atoms with Crippen molar-refractivity contribution in [2.75, 3.05) is 26.2 Å². The maximum Gasteiger partial charge on any atom is 0.00981 e. The summed E-state index contributed by atoms with van der Waals surface area (Å²) >= 11 is 0. The first-order chi connectivity index (χ1) is 8.33. The number of piperidine rings is 1. The van der Waals surface area contributed by atoms with Crippen LogP contribution in [0.1, 0.15) is 45.4 Å². The molecule has 1 unspecified atom stereocenters. The van der Waals surface area contributed by atoms with E-state index in [9.17, 15) is 0 Å². The lowest BCUT2D eigenvalue weighted by Crippen LogP contribution is -2.36. The van der Waals surface area contributed by atoms with Crippen LogP contribution in [0, 0.1) is 17.8 Å². The van der Waals surface area contributed by atoms with Crippen molar-refractivity contribution in [1.29, 1.82) is 0 Å². The summed E-state index contributed by atoms with van der Waals surface area (Å²) in [5.41, 5.74) is 0. The zero-order valence-electron chi connectivity index (χ0n) is 11.3. The van der Waals surface area contributed by atoms with Crippen LogP contribution in [-0.2, 0) is 0 Å². The lowest BCUT2D eigenvalue weighted by molar-refractivity contribution is 0.189. The van der Waals surface area contributed by atoms with Crippen LogP contribution in [0.15, 0.2) is 0 Å². The fourth-order valence-electron chi connectivity index (χ4n) is 3.83. The van der Waals surface area contributed by atoms with Crippen LogP contribution in [0.3, 0.4) is 0 Å². The van der Waals surface area contributed by atoms with Crippen LogP contribution in [0.5, 0.6) is 0 Å². The fourth-order valence-corrected chi connectivity index (χ4v) is 3.83. The molecule has 2 saturated carbocycles.